The molecule has 0 bridgehead atoms. The molecule has 0 aliphatic heterocycles. The zero-order chi connectivity index (χ0) is 18.4. The predicted octanol–water partition coefficient (Wildman–Crippen LogP) is 4.15. The minimum absolute atomic E-state index is 0.290. The molecule has 132 valence electrons. The molecule has 0 radical (unpaired) electrons. The van der Waals surface area contributed by atoms with E-state index in [4.69, 9.17) is 35.4 Å². The van der Waals surface area contributed by atoms with Crippen molar-refractivity contribution in [1.82, 2.24) is 10.6 Å². The van der Waals surface area contributed by atoms with Gasteiger partial charge in [-0.3, -0.25) is 4.79 Å². The van der Waals surface area contributed by atoms with E-state index in [2.05, 4.69) is 16.0 Å². The Morgan fingerprint density at radius 1 is 0.920 bits per heavy atom. The van der Waals surface area contributed by atoms with Gasteiger partial charge < -0.3 is 16.0 Å². The molecule has 25 heavy (non-hydrogen) atoms. The molecule has 1 atom stereocenters. The van der Waals surface area contributed by atoms with Crippen LogP contribution in [0.2, 0.25) is 0 Å². The van der Waals surface area contributed by atoms with E-state index in [1.165, 1.54) is 0 Å². The smallest absolute Gasteiger partial charge is 0.252 e. The maximum absolute atomic E-state index is 12.3. The summed E-state index contributed by atoms with van der Waals surface area (Å²) in [6, 6.07) is 14.9. The average molecular weight is 396 g/mol. The second-order valence-electron chi connectivity index (χ2n) is 5.62. The molecule has 0 aliphatic rings. The van der Waals surface area contributed by atoms with E-state index in [1.807, 2.05) is 50.2 Å². The lowest BCUT2D eigenvalue weighted by Gasteiger charge is -2.23. The van der Waals surface area contributed by atoms with E-state index in [0.717, 1.165) is 16.8 Å². The Morgan fingerprint density at radius 2 is 1.44 bits per heavy atom. The zero-order valence-corrected chi connectivity index (χ0v) is 16.2. The number of hydrogen-bond donors (Lipinski definition) is 3. The van der Waals surface area contributed by atoms with Crippen molar-refractivity contribution in [3.05, 3.63) is 65.2 Å². The number of anilines is 1. The third-order valence-electron chi connectivity index (χ3n) is 3.45. The van der Waals surface area contributed by atoms with Crippen LogP contribution >= 0.6 is 35.4 Å². The van der Waals surface area contributed by atoms with Gasteiger partial charge in [0.2, 0.25) is 0 Å². The minimum Gasteiger partial charge on any atom is -0.340 e. The van der Waals surface area contributed by atoms with Crippen LogP contribution in [0.3, 0.4) is 0 Å². The van der Waals surface area contributed by atoms with Crippen LogP contribution < -0.4 is 16.0 Å². The number of carbonyl (C=O) groups is 1. The first-order valence-electron chi connectivity index (χ1n) is 7.65. The summed E-state index contributed by atoms with van der Waals surface area (Å²) in [5.41, 5.74) is 3.56. The van der Waals surface area contributed by atoms with Crippen LogP contribution in [-0.2, 0) is 0 Å². The Kier molecular flexibility index (Phi) is 7.05. The lowest BCUT2D eigenvalue weighted by atomic mass is 10.1. The van der Waals surface area contributed by atoms with Crippen LogP contribution in [0.25, 0.3) is 0 Å². The van der Waals surface area contributed by atoms with Gasteiger partial charge in [0, 0.05) is 11.3 Å². The van der Waals surface area contributed by atoms with Crippen molar-refractivity contribution in [2.45, 2.75) is 24.8 Å². The SMILES string of the molecule is Cc1ccc(NC(=S)NC(NC(=O)c2ccc(C)cc2)C(Cl)Cl)cc1. The largest absolute Gasteiger partial charge is 0.340 e. The lowest BCUT2D eigenvalue weighted by Crippen LogP contribution is -2.52. The van der Waals surface area contributed by atoms with Gasteiger partial charge >= 0.3 is 0 Å². The molecule has 0 aliphatic carbocycles. The van der Waals surface area contributed by atoms with Gasteiger partial charge in [0.25, 0.3) is 5.91 Å². The number of benzene rings is 2. The van der Waals surface area contributed by atoms with Crippen LogP contribution in [0.5, 0.6) is 0 Å². The minimum atomic E-state index is -0.882. The molecule has 2 aromatic rings. The molecule has 1 amide bonds. The van der Waals surface area contributed by atoms with Gasteiger partial charge in [-0.2, -0.15) is 0 Å². The van der Waals surface area contributed by atoms with Gasteiger partial charge in [-0.1, -0.05) is 35.4 Å². The summed E-state index contributed by atoms with van der Waals surface area (Å²) in [5.74, 6) is -0.290. The Balaban J connectivity index is 1.97. The zero-order valence-electron chi connectivity index (χ0n) is 13.8. The number of carbonyl (C=O) groups excluding carboxylic acids is 1. The third kappa shape index (κ3) is 6.20. The molecular formula is C18H19Cl2N3OS. The van der Waals surface area contributed by atoms with Crippen LogP contribution in [0.1, 0.15) is 21.5 Å². The van der Waals surface area contributed by atoms with Gasteiger partial charge in [-0.05, 0) is 50.3 Å². The van der Waals surface area contributed by atoms with E-state index in [0.29, 0.717) is 10.7 Å². The Hall–Kier alpha value is -1.82. The summed E-state index contributed by atoms with van der Waals surface area (Å²) >= 11 is 17.2. The predicted molar refractivity (Wildman–Crippen MR) is 108 cm³/mol. The van der Waals surface area contributed by atoms with Crippen molar-refractivity contribution in [3.63, 3.8) is 0 Å². The molecule has 0 heterocycles. The van der Waals surface area contributed by atoms with E-state index in [1.54, 1.807) is 12.1 Å². The van der Waals surface area contributed by atoms with Gasteiger partial charge in [-0.15, -0.1) is 23.2 Å². The first-order valence-corrected chi connectivity index (χ1v) is 8.93. The quantitative estimate of drug-likeness (QED) is 0.404. The molecule has 3 N–H and O–H groups in total. The fraction of sp³-hybridized carbons (Fsp3) is 0.222. The third-order valence-corrected chi connectivity index (χ3v) is 4.17. The van der Waals surface area contributed by atoms with E-state index in [9.17, 15) is 4.79 Å². The van der Waals surface area contributed by atoms with Gasteiger partial charge in [-0.25, -0.2) is 0 Å². The standard InChI is InChI=1S/C18H19Cl2N3OS/c1-11-3-7-13(8-4-11)17(24)22-16(15(19)20)23-18(25)21-14-9-5-12(2)6-10-14/h3-10,15-16H,1-2H3,(H,22,24)(H2,21,23,25). The van der Waals surface area contributed by atoms with Crippen molar-refractivity contribution >= 4 is 52.1 Å². The highest BCUT2D eigenvalue weighted by Gasteiger charge is 2.21. The van der Waals surface area contributed by atoms with Crippen molar-refractivity contribution in [2.75, 3.05) is 5.32 Å². The maximum Gasteiger partial charge on any atom is 0.252 e. The molecule has 4 nitrogen and oxygen atoms in total. The first-order chi connectivity index (χ1) is 11.8. The van der Waals surface area contributed by atoms with Crippen LogP contribution in [-0.4, -0.2) is 22.0 Å². The number of rotatable bonds is 5. The summed E-state index contributed by atoms with van der Waals surface area (Å²) in [7, 11) is 0. The maximum atomic E-state index is 12.3. The highest BCUT2D eigenvalue weighted by atomic mass is 35.5. The van der Waals surface area contributed by atoms with E-state index >= 15 is 0 Å². The van der Waals surface area contributed by atoms with Gasteiger partial charge in [0.15, 0.2) is 5.11 Å². The molecule has 0 spiro atoms. The highest BCUT2D eigenvalue weighted by molar-refractivity contribution is 7.80. The summed E-state index contributed by atoms with van der Waals surface area (Å²) in [5, 5.41) is 8.99. The van der Waals surface area contributed by atoms with Crippen molar-refractivity contribution < 1.29 is 4.79 Å². The number of thiocarbonyl (C=S) groups is 1. The fourth-order valence-corrected chi connectivity index (χ4v) is 2.53. The molecule has 0 fully saturated rings. The van der Waals surface area contributed by atoms with Crippen molar-refractivity contribution in [3.8, 4) is 0 Å². The lowest BCUT2D eigenvalue weighted by molar-refractivity contribution is 0.0936. The van der Waals surface area contributed by atoms with E-state index in [-0.39, 0.29) is 5.91 Å². The second kappa shape index (κ2) is 9.04. The Labute approximate surface area is 162 Å². The Bertz CT molecular complexity index is 733. The van der Waals surface area contributed by atoms with Gasteiger partial charge in [0.1, 0.15) is 11.0 Å². The van der Waals surface area contributed by atoms with E-state index < -0.39 is 11.0 Å². The monoisotopic (exact) mass is 395 g/mol. The molecule has 2 rings (SSSR count). The number of amides is 1. The topological polar surface area (TPSA) is 53.2 Å². The van der Waals surface area contributed by atoms with Crippen LogP contribution in [0.15, 0.2) is 48.5 Å². The number of alkyl halides is 2. The van der Waals surface area contributed by atoms with Crippen molar-refractivity contribution in [2.24, 2.45) is 0 Å². The molecule has 2 aromatic carbocycles. The fourth-order valence-electron chi connectivity index (χ4n) is 2.04. The Morgan fingerprint density at radius 3 is 1.96 bits per heavy atom. The first kappa shape index (κ1) is 19.5. The number of hydrogen-bond acceptors (Lipinski definition) is 2. The van der Waals surface area contributed by atoms with Gasteiger partial charge in [0.05, 0.1) is 0 Å². The summed E-state index contributed by atoms with van der Waals surface area (Å²) in [6.07, 6.45) is -0.734. The second-order valence-corrected chi connectivity index (χ2v) is 7.19. The van der Waals surface area contributed by atoms with Crippen molar-refractivity contribution in [1.29, 1.82) is 0 Å². The average Bonchev–Trinajstić information content (AvgIpc) is 2.56. The molecular weight excluding hydrogens is 377 g/mol. The number of halogens is 2. The summed E-state index contributed by atoms with van der Waals surface area (Å²) in [4.78, 5) is 11.4. The number of nitrogens with one attached hydrogen (secondary N) is 3. The normalized spacial score (nSPS) is 11.7. The summed E-state index contributed by atoms with van der Waals surface area (Å²) in [6.45, 7) is 3.96. The highest BCUT2D eigenvalue weighted by Crippen LogP contribution is 2.11. The molecule has 1 unspecified atom stereocenters. The molecule has 0 aromatic heterocycles. The molecule has 0 saturated carbocycles. The molecule has 7 heteroatoms. The summed E-state index contributed by atoms with van der Waals surface area (Å²) < 4.78 is 0. The molecule has 0 saturated heterocycles. The van der Waals surface area contributed by atoms with Crippen LogP contribution in [0.4, 0.5) is 5.69 Å². The van der Waals surface area contributed by atoms with Crippen LogP contribution in [0, 0.1) is 13.8 Å². The number of aryl methyl sites for hydroxylation is 2.